The maximum atomic E-state index is 12.8. The summed E-state index contributed by atoms with van der Waals surface area (Å²) >= 11 is 1.98. The molecule has 0 saturated heterocycles. The van der Waals surface area contributed by atoms with Crippen LogP contribution in [0.4, 0.5) is 4.39 Å². The van der Waals surface area contributed by atoms with Crippen LogP contribution in [0.15, 0.2) is 18.2 Å². The van der Waals surface area contributed by atoms with Crippen molar-refractivity contribution in [2.24, 2.45) is 5.41 Å². The number of ketones is 1. The van der Waals surface area contributed by atoms with Crippen molar-refractivity contribution in [2.45, 2.75) is 20.8 Å². The molecular weight excluding hydrogens is 294 g/mol. The van der Waals surface area contributed by atoms with E-state index in [4.69, 9.17) is 0 Å². The number of hydrogen-bond acceptors (Lipinski definition) is 1. The van der Waals surface area contributed by atoms with Gasteiger partial charge in [-0.1, -0.05) is 20.8 Å². The van der Waals surface area contributed by atoms with Crippen molar-refractivity contribution in [1.29, 1.82) is 0 Å². The van der Waals surface area contributed by atoms with Gasteiger partial charge >= 0.3 is 0 Å². The fourth-order valence-electron chi connectivity index (χ4n) is 1.08. The number of benzene rings is 1. The molecular formula is C11H12FIO. The summed E-state index contributed by atoms with van der Waals surface area (Å²) in [6, 6.07) is 4.24. The first-order valence-corrected chi connectivity index (χ1v) is 5.40. The Labute approximate surface area is 96.8 Å². The summed E-state index contributed by atoms with van der Waals surface area (Å²) in [6.07, 6.45) is 0. The van der Waals surface area contributed by atoms with E-state index in [0.717, 1.165) is 0 Å². The lowest BCUT2D eigenvalue weighted by Gasteiger charge is -2.17. The smallest absolute Gasteiger partial charge is 0.169 e. The molecule has 0 amide bonds. The molecule has 14 heavy (non-hydrogen) atoms. The summed E-state index contributed by atoms with van der Waals surface area (Å²) in [5.41, 5.74) is 0.178. The lowest BCUT2D eigenvalue weighted by atomic mass is 9.86. The van der Waals surface area contributed by atoms with E-state index < -0.39 is 5.41 Å². The molecule has 76 valence electrons. The van der Waals surface area contributed by atoms with Gasteiger partial charge in [-0.25, -0.2) is 4.39 Å². The molecule has 0 aliphatic heterocycles. The number of rotatable bonds is 1. The van der Waals surface area contributed by atoms with Gasteiger partial charge < -0.3 is 0 Å². The van der Waals surface area contributed by atoms with Gasteiger partial charge in [0.05, 0.1) is 0 Å². The SMILES string of the molecule is CC(C)(C)C(=O)c1ccc(F)cc1I. The van der Waals surface area contributed by atoms with Gasteiger partial charge in [0.1, 0.15) is 5.82 Å². The zero-order chi connectivity index (χ0) is 10.9. The van der Waals surface area contributed by atoms with Crippen LogP contribution in [0.2, 0.25) is 0 Å². The zero-order valence-electron chi connectivity index (χ0n) is 8.40. The number of Topliss-reactive ketones (excluding diaryl/α,β-unsaturated/α-hetero) is 1. The molecule has 0 heterocycles. The fourth-order valence-corrected chi connectivity index (χ4v) is 1.80. The number of carbonyl (C=O) groups is 1. The number of halogens is 2. The van der Waals surface area contributed by atoms with Crippen LogP contribution in [-0.4, -0.2) is 5.78 Å². The normalized spacial score (nSPS) is 11.5. The highest BCUT2D eigenvalue weighted by Crippen LogP contribution is 2.24. The third-order valence-electron chi connectivity index (χ3n) is 1.86. The lowest BCUT2D eigenvalue weighted by Crippen LogP contribution is -2.21. The molecule has 0 spiro atoms. The van der Waals surface area contributed by atoms with E-state index in [1.165, 1.54) is 12.1 Å². The summed E-state index contributed by atoms with van der Waals surface area (Å²) < 4.78 is 13.5. The molecule has 1 rings (SSSR count). The van der Waals surface area contributed by atoms with Gasteiger partial charge in [-0.2, -0.15) is 0 Å². The summed E-state index contributed by atoms with van der Waals surface area (Å²) in [4.78, 5) is 11.9. The highest BCUT2D eigenvalue weighted by Gasteiger charge is 2.24. The van der Waals surface area contributed by atoms with Crippen LogP contribution in [-0.2, 0) is 0 Å². The first kappa shape index (κ1) is 11.6. The Hall–Kier alpha value is -0.450. The van der Waals surface area contributed by atoms with Crippen LogP contribution in [0.25, 0.3) is 0 Å². The summed E-state index contributed by atoms with van der Waals surface area (Å²) in [5, 5.41) is 0. The quantitative estimate of drug-likeness (QED) is 0.571. The number of carbonyl (C=O) groups excluding carboxylic acids is 1. The van der Waals surface area contributed by atoms with Crippen LogP contribution >= 0.6 is 22.6 Å². The van der Waals surface area contributed by atoms with Crippen LogP contribution in [0.1, 0.15) is 31.1 Å². The molecule has 0 fully saturated rings. The molecule has 0 aliphatic rings. The largest absolute Gasteiger partial charge is 0.294 e. The highest BCUT2D eigenvalue weighted by atomic mass is 127. The molecule has 1 aromatic carbocycles. The van der Waals surface area contributed by atoms with Crippen molar-refractivity contribution in [2.75, 3.05) is 0 Å². The van der Waals surface area contributed by atoms with Crippen molar-refractivity contribution < 1.29 is 9.18 Å². The molecule has 0 atom stereocenters. The predicted molar refractivity (Wildman–Crippen MR) is 62.9 cm³/mol. The van der Waals surface area contributed by atoms with Crippen molar-refractivity contribution in [3.05, 3.63) is 33.1 Å². The summed E-state index contributed by atoms with van der Waals surface area (Å²) in [6.45, 7) is 5.57. The molecule has 0 radical (unpaired) electrons. The molecule has 1 aromatic rings. The Morgan fingerprint density at radius 2 is 1.93 bits per heavy atom. The second-order valence-corrected chi connectivity index (χ2v) is 5.37. The van der Waals surface area contributed by atoms with Crippen LogP contribution < -0.4 is 0 Å². The van der Waals surface area contributed by atoms with Gasteiger partial charge in [0.15, 0.2) is 5.78 Å². The van der Waals surface area contributed by atoms with Gasteiger partial charge in [0, 0.05) is 14.5 Å². The Morgan fingerprint density at radius 3 is 2.36 bits per heavy atom. The Morgan fingerprint density at radius 1 is 1.36 bits per heavy atom. The van der Waals surface area contributed by atoms with Crippen molar-refractivity contribution in [3.8, 4) is 0 Å². The van der Waals surface area contributed by atoms with Crippen LogP contribution in [0, 0.1) is 14.8 Å². The van der Waals surface area contributed by atoms with Crippen molar-refractivity contribution in [3.63, 3.8) is 0 Å². The average Bonchev–Trinajstić information content (AvgIpc) is 2.01. The minimum absolute atomic E-state index is 0.0434. The summed E-state index contributed by atoms with van der Waals surface area (Å²) in [7, 11) is 0. The first-order valence-electron chi connectivity index (χ1n) is 4.32. The fraction of sp³-hybridized carbons (Fsp3) is 0.364. The summed E-state index contributed by atoms with van der Waals surface area (Å²) in [5.74, 6) is -0.262. The van der Waals surface area contributed by atoms with E-state index in [9.17, 15) is 9.18 Å². The van der Waals surface area contributed by atoms with Gasteiger partial charge in [0.2, 0.25) is 0 Å². The lowest BCUT2D eigenvalue weighted by molar-refractivity contribution is 0.0857. The topological polar surface area (TPSA) is 17.1 Å². The Balaban J connectivity index is 3.15. The Bertz CT molecular complexity index is 366. The van der Waals surface area contributed by atoms with E-state index in [1.807, 2.05) is 43.4 Å². The molecule has 0 saturated carbocycles. The van der Waals surface area contributed by atoms with Gasteiger partial charge in [0.25, 0.3) is 0 Å². The van der Waals surface area contributed by atoms with E-state index >= 15 is 0 Å². The molecule has 0 aliphatic carbocycles. The second-order valence-electron chi connectivity index (χ2n) is 4.20. The van der Waals surface area contributed by atoms with E-state index in [1.54, 1.807) is 6.07 Å². The van der Waals surface area contributed by atoms with Crippen LogP contribution in [0.5, 0.6) is 0 Å². The van der Waals surface area contributed by atoms with Crippen molar-refractivity contribution in [1.82, 2.24) is 0 Å². The van der Waals surface area contributed by atoms with E-state index in [-0.39, 0.29) is 11.6 Å². The highest BCUT2D eigenvalue weighted by molar-refractivity contribution is 14.1. The third-order valence-corrected chi connectivity index (χ3v) is 2.75. The van der Waals surface area contributed by atoms with Crippen LogP contribution in [0.3, 0.4) is 0 Å². The zero-order valence-corrected chi connectivity index (χ0v) is 10.6. The molecule has 0 N–H and O–H groups in total. The predicted octanol–water partition coefficient (Wildman–Crippen LogP) is 3.66. The van der Waals surface area contributed by atoms with Gasteiger partial charge in [-0.05, 0) is 40.8 Å². The van der Waals surface area contributed by atoms with Gasteiger partial charge in [-0.15, -0.1) is 0 Å². The minimum Gasteiger partial charge on any atom is -0.294 e. The standard InChI is InChI=1S/C11H12FIO/c1-11(2,3)10(14)8-5-4-7(12)6-9(8)13/h4-6H,1-3H3. The molecule has 0 bridgehead atoms. The van der Waals surface area contributed by atoms with Gasteiger partial charge in [-0.3, -0.25) is 4.79 Å². The van der Waals surface area contributed by atoms with E-state index in [0.29, 0.717) is 9.13 Å². The van der Waals surface area contributed by atoms with Crippen molar-refractivity contribution >= 4 is 28.4 Å². The molecule has 0 aromatic heterocycles. The Kier molecular flexibility index (Phi) is 3.29. The molecule has 3 heteroatoms. The number of hydrogen-bond donors (Lipinski definition) is 0. The monoisotopic (exact) mass is 306 g/mol. The second kappa shape index (κ2) is 3.96. The third kappa shape index (κ3) is 2.53. The first-order chi connectivity index (χ1) is 6.32. The average molecular weight is 306 g/mol. The minimum atomic E-state index is -0.419. The molecule has 0 unspecified atom stereocenters. The maximum Gasteiger partial charge on any atom is 0.169 e. The van der Waals surface area contributed by atoms with E-state index in [2.05, 4.69) is 0 Å². The molecule has 1 nitrogen and oxygen atoms in total. The maximum absolute atomic E-state index is 12.8.